The molecular formula is C20H21N3O4. The van der Waals surface area contributed by atoms with Crippen LogP contribution in [0.2, 0.25) is 0 Å². The van der Waals surface area contributed by atoms with Gasteiger partial charge in [-0.1, -0.05) is 35.5 Å². The standard InChI is InChI=1S/C20H21N3O4/c1-3-12-21-20(26)16-9-5-6-10-17(16)23-19(25)14(2)27-22-13-15-8-4-7-11-18(15)24/h3-11,13-14,24H,1,12H2,2H3,(H,21,26)(H,23,25)/t14-/m0/s1. The molecule has 2 rings (SSSR count). The first kappa shape index (κ1) is 19.7. The summed E-state index contributed by atoms with van der Waals surface area (Å²) in [5.74, 6) is -0.730. The summed E-state index contributed by atoms with van der Waals surface area (Å²) >= 11 is 0. The number of phenols is 1. The second kappa shape index (κ2) is 9.76. The number of para-hydroxylation sites is 2. The van der Waals surface area contributed by atoms with Gasteiger partial charge in [0.2, 0.25) is 6.10 Å². The average molecular weight is 367 g/mol. The quantitative estimate of drug-likeness (QED) is 0.379. The summed E-state index contributed by atoms with van der Waals surface area (Å²) < 4.78 is 0. The highest BCUT2D eigenvalue weighted by atomic mass is 16.6. The highest BCUT2D eigenvalue weighted by Gasteiger charge is 2.18. The number of phenolic OH excluding ortho intramolecular Hbond substituents is 1. The van der Waals surface area contributed by atoms with E-state index < -0.39 is 12.0 Å². The van der Waals surface area contributed by atoms with Crippen LogP contribution in [0.15, 0.2) is 66.3 Å². The molecule has 7 heteroatoms. The fourth-order valence-corrected chi connectivity index (χ4v) is 2.11. The molecule has 0 spiro atoms. The molecule has 0 aliphatic carbocycles. The number of anilines is 1. The number of nitrogens with one attached hydrogen (secondary N) is 2. The fourth-order valence-electron chi connectivity index (χ4n) is 2.11. The molecule has 3 N–H and O–H groups in total. The van der Waals surface area contributed by atoms with Crippen molar-refractivity contribution in [2.24, 2.45) is 5.16 Å². The molecule has 0 heterocycles. The van der Waals surface area contributed by atoms with E-state index in [1.807, 2.05) is 0 Å². The molecule has 2 aromatic carbocycles. The van der Waals surface area contributed by atoms with Crippen molar-refractivity contribution in [2.75, 3.05) is 11.9 Å². The van der Waals surface area contributed by atoms with Gasteiger partial charge in [-0.2, -0.15) is 0 Å². The van der Waals surface area contributed by atoms with Gasteiger partial charge in [-0.05, 0) is 31.2 Å². The number of hydrogen-bond donors (Lipinski definition) is 3. The van der Waals surface area contributed by atoms with Crippen molar-refractivity contribution in [1.82, 2.24) is 5.32 Å². The van der Waals surface area contributed by atoms with Crippen LogP contribution in [0.1, 0.15) is 22.8 Å². The number of rotatable bonds is 8. The van der Waals surface area contributed by atoms with Gasteiger partial charge in [0.25, 0.3) is 11.8 Å². The number of hydrogen-bond acceptors (Lipinski definition) is 5. The van der Waals surface area contributed by atoms with Crippen LogP contribution >= 0.6 is 0 Å². The minimum absolute atomic E-state index is 0.0569. The molecular weight excluding hydrogens is 346 g/mol. The van der Waals surface area contributed by atoms with Gasteiger partial charge in [-0.15, -0.1) is 6.58 Å². The summed E-state index contributed by atoms with van der Waals surface area (Å²) in [5.41, 5.74) is 1.16. The summed E-state index contributed by atoms with van der Waals surface area (Å²) in [6.07, 6.45) is 1.98. The second-order valence-corrected chi connectivity index (χ2v) is 5.57. The zero-order valence-electron chi connectivity index (χ0n) is 14.9. The highest BCUT2D eigenvalue weighted by Crippen LogP contribution is 2.16. The van der Waals surface area contributed by atoms with Gasteiger partial charge in [0.15, 0.2) is 0 Å². The molecule has 0 bridgehead atoms. The SMILES string of the molecule is C=CCNC(=O)c1ccccc1NC(=O)[C@H](C)ON=Cc1ccccc1O. The second-order valence-electron chi connectivity index (χ2n) is 5.57. The van der Waals surface area contributed by atoms with Crippen LogP contribution in [0, 0.1) is 0 Å². The maximum absolute atomic E-state index is 12.3. The van der Waals surface area contributed by atoms with Crippen LogP contribution in [-0.2, 0) is 9.63 Å². The summed E-state index contributed by atoms with van der Waals surface area (Å²) in [6, 6.07) is 13.3. The van der Waals surface area contributed by atoms with Gasteiger partial charge in [-0.25, -0.2) is 0 Å². The van der Waals surface area contributed by atoms with Gasteiger partial charge in [0, 0.05) is 12.1 Å². The van der Waals surface area contributed by atoms with E-state index in [0.29, 0.717) is 23.4 Å². The first-order chi connectivity index (χ1) is 13.0. The Labute approximate surface area is 157 Å². The molecule has 0 aliphatic heterocycles. The van der Waals surface area contributed by atoms with E-state index in [2.05, 4.69) is 22.4 Å². The van der Waals surface area contributed by atoms with E-state index in [0.717, 1.165) is 0 Å². The summed E-state index contributed by atoms with van der Waals surface area (Å²) in [5, 5.41) is 18.7. The lowest BCUT2D eigenvalue weighted by molar-refractivity contribution is -0.126. The largest absolute Gasteiger partial charge is 0.507 e. The lowest BCUT2D eigenvalue weighted by atomic mass is 10.1. The fraction of sp³-hybridized carbons (Fsp3) is 0.150. The molecule has 140 valence electrons. The molecule has 0 radical (unpaired) electrons. The number of carbonyl (C=O) groups excluding carboxylic acids is 2. The monoisotopic (exact) mass is 367 g/mol. The van der Waals surface area contributed by atoms with E-state index in [4.69, 9.17) is 4.84 Å². The Balaban J connectivity index is 1.99. The molecule has 0 saturated carbocycles. The maximum Gasteiger partial charge on any atom is 0.268 e. The first-order valence-electron chi connectivity index (χ1n) is 8.29. The topological polar surface area (TPSA) is 100 Å². The van der Waals surface area contributed by atoms with Crippen LogP contribution in [0.5, 0.6) is 5.75 Å². The molecule has 0 aliphatic rings. The van der Waals surface area contributed by atoms with Crippen molar-refractivity contribution in [3.05, 3.63) is 72.3 Å². The van der Waals surface area contributed by atoms with E-state index in [9.17, 15) is 14.7 Å². The Kier molecular flexibility index (Phi) is 7.13. The van der Waals surface area contributed by atoms with Crippen molar-refractivity contribution in [1.29, 1.82) is 0 Å². The zero-order valence-corrected chi connectivity index (χ0v) is 14.9. The minimum Gasteiger partial charge on any atom is -0.507 e. The molecule has 0 saturated heterocycles. The van der Waals surface area contributed by atoms with Crippen LogP contribution < -0.4 is 10.6 Å². The van der Waals surface area contributed by atoms with Crippen LogP contribution in [0.3, 0.4) is 0 Å². The Morgan fingerprint density at radius 3 is 2.67 bits per heavy atom. The van der Waals surface area contributed by atoms with E-state index in [-0.39, 0.29) is 11.7 Å². The van der Waals surface area contributed by atoms with Crippen molar-refractivity contribution in [2.45, 2.75) is 13.0 Å². The predicted molar refractivity (Wildman–Crippen MR) is 104 cm³/mol. The van der Waals surface area contributed by atoms with Crippen molar-refractivity contribution < 1.29 is 19.5 Å². The van der Waals surface area contributed by atoms with Crippen LogP contribution in [0.25, 0.3) is 0 Å². The van der Waals surface area contributed by atoms with Crippen molar-refractivity contribution in [3.63, 3.8) is 0 Å². The number of oxime groups is 1. The number of aromatic hydroxyl groups is 1. The van der Waals surface area contributed by atoms with E-state index in [1.165, 1.54) is 19.2 Å². The lowest BCUT2D eigenvalue weighted by Crippen LogP contribution is -2.29. The van der Waals surface area contributed by atoms with E-state index in [1.54, 1.807) is 48.5 Å². The summed E-state index contributed by atoms with van der Waals surface area (Å²) in [6.45, 7) is 5.39. The molecule has 2 amide bonds. The highest BCUT2D eigenvalue weighted by molar-refractivity contribution is 6.04. The molecule has 2 aromatic rings. The van der Waals surface area contributed by atoms with Crippen LogP contribution in [-0.4, -0.2) is 35.8 Å². The summed E-state index contributed by atoms with van der Waals surface area (Å²) in [4.78, 5) is 29.6. The molecule has 0 aromatic heterocycles. The number of benzene rings is 2. The molecule has 0 unspecified atom stereocenters. The maximum atomic E-state index is 12.3. The third kappa shape index (κ3) is 5.71. The Morgan fingerprint density at radius 1 is 1.22 bits per heavy atom. The van der Waals surface area contributed by atoms with Crippen LogP contribution in [0.4, 0.5) is 5.69 Å². The van der Waals surface area contributed by atoms with Gasteiger partial charge < -0.3 is 20.6 Å². The van der Waals surface area contributed by atoms with Gasteiger partial charge in [-0.3, -0.25) is 9.59 Å². The van der Waals surface area contributed by atoms with Gasteiger partial charge in [0.1, 0.15) is 5.75 Å². The van der Waals surface area contributed by atoms with Crippen molar-refractivity contribution >= 4 is 23.7 Å². The Morgan fingerprint density at radius 2 is 1.93 bits per heavy atom. The molecule has 0 fully saturated rings. The van der Waals surface area contributed by atoms with Gasteiger partial charge in [0.05, 0.1) is 17.5 Å². The third-order valence-electron chi connectivity index (χ3n) is 3.55. The molecule has 7 nitrogen and oxygen atoms in total. The smallest absolute Gasteiger partial charge is 0.268 e. The summed E-state index contributed by atoms with van der Waals surface area (Å²) in [7, 11) is 0. The number of amides is 2. The molecule has 1 atom stereocenters. The third-order valence-corrected chi connectivity index (χ3v) is 3.55. The Bertz CT molecular complexity index is 849. The zero-order chi connectivity index (χ0) is 19.6. The first-order valence-corrected chi connectivity index (χ1v) is 8.29. The van der Waals surface area contributed by atoms with Gasteiger partial charge >= 0.3 is 0 Å². The Hall–Kier alpha value is -3.61. The number of nitrogens with zero attached hydrogens (tertiary/aromatic N) is 1. The van der Waals surface area contributed by atoms with E-state index >= 15 is 0 Å². The number of carbonyl (C=O) groups is 2. The minimum atomic E-state index is -0.906. The normalized spacial score (nSPS) is 11.6. The van der Waals surface area contributed by atoms with Crippen molar-refractivity contribution in [3.8, 4) is 5.75 Å². The molecule has 27 heavy (non-hydrogen) atoms. The predicted octanol–water partition coefficient (Wildman–Crippen LogP) is 2.69. The average Bonchev–Trinajstić information content (AvgIpc) is 2.67. The lowest BCUT2D eigenvalue weighted by Gasteiger charge is -2.13.